The Morgan fingerprint density at radius 3 is 1.80 bits per heavy atom. The van der Waals surface area contributed by atoms with E-state index >= 15 is 0 Å². The highest BCUT2D eigenvalue weighted by Crippen LogP contribution is 2.60. The standard InChI is InChI=1S/C54H81N3O16P2/c1-3-5-7-9-11-13-14-15-16-17-18-19-20-21-22-24-26-28-33-37-49(58)67-41-44(70-50(59)38-34-30-29-32-36-46-45(71-46)35-31-27-25-23-12-10-8-6-4-2)42-68-74(63,64)73-75(65,66)69-43-47-51(60)52(61)53(72-47)57-40-39-48(55)56-54(57)62/h5,7,11-13,15-16,18-19,21-23,26-29,31-32,39-40,44-47,51-53,60-61H,3-4,6,8-10,14,17,20,24-25,30,33-38,41-43H2,1-2H3,(H,63,64)(H,65,66)(H2,55,56,62)/b7-5-,13-11-,16-15-,19-18-,22-21-,23-12-,28-26-,31-27-,32-29-/t44-,45?,46?,47-,51-,52-,53-/m1/s1. The average molecular weight is 1090 g/mol. The monoisotopic (exact) mass is 1090 g/mol. The molecule has 3 heterocycles. The molecule has 19 nitrogen and oxygen atoms in total. The molecule has 2 fully saturated rings. The Morgan fingerprint density at radius 1 is 0.667 bits per heavy atom. The first kappa shape index (κ1) is 64.7. The molecule has 4 unspecified atom stereocenters. The van der Waals surface area contributed by atoms with Crippen LogP contribution < -0.4 is 11.4 Å². The van der Waals surface area contributed by atoms with Gasteiger partial charge in [0.2, 0.25) is 0 Å². The van der Waals surface area contributed by atoms with Crippen LogP contribution in [-0.4, -0.2) is 97.9 Å². The van der Waals surface area contributed by atoms with E-state index < -0.39 is 83.7 Å². The summed E-state index contributed by atoms with van der Waals surface area (Å²) in [5.41, 5.74) is 4.58. The second kappa shape index (κ2) is 38.0. The van der Waals surface area contributed by atoms with Crippen molar-refractivity contribution in [1.82, 2.24) is 9.55 Å². The highest BCUT2D eigenvalue weighted by Gasteiger charge is 2.46. The smallest absolute Gasteiger partial charge is 0.462 e. The van der Waals surface area contributed by atoms with Crippen LogP contribution in [0.3, 0.4) is 0 Å². The number of phosphoric ester groups is 2. The van der Waals surface area contributed by atoms with E-state index in [-0.39, 0.29) is 30.9 Å². The van der Waals surface area contributed by atoms with E-state index in [0.29, 0.717) is 25.7 Å². The molecule has 2 aliphatic heterocycles. The first-order valence-corrected chi connectivity index (χ1v) is 29.0. The number of anilines is 1. The van der Waals surface area contributed by atoms with Crippen molar-refractivity contribution in [3.05, 3.63) is 132 Å². The number of carbonyl (C=O) groups is 2. The number of aromatic nitrogens is 2. The van der Waals surface area contributed by atoms with E-state index in [1.54, 1.807) is 0 Å². The summed E-state index contributed by atoms with van der Waals surface area (Å²) in [6, 6.07) is 1.24. The van der Waals surface area contributed by atoms with Crippen molar-refractivity contribution in [2.75, 3.05) is 25.6 Å². The Morgan fingerprint density at radius 2 is 1.20 bits per heavy atom. The van der Waals surface area contributed by atoms with E-state index in [1.165, 1.54) is 25.3 Å². The predicted molar refractivity (Wildman–Crippen MR) is 288 cm³/mol. The number of aliphatic hydroxyl groups is 2. The van der Waals surface area contributed by atoms with Crippen molar-refractivity contribution < 1.29 is 71.0 Å². The summed E-state index contributed by atoms with van der Waals surface area (Å²) < 4.78 is 62.5. The second-order valence-corrected chi connectivity index (χ2v) is 20.7. The topological polar surface area (TPSA) is 278 Å². The number of nitrogens with zero attached hydrogens (tertiary/aromatic N) is 2. The number of hydrogen-bond donors (Lipinski definition) is 5. The minimum absolute atomic E-state index is 0.0202. The molecule has 418 valence electrons. The van der Waals surface area contributed by atoms with Crippen LogP contribution >= 0.6 is 15.6 Å². The number of epoxide rings is 1. The first-order chi connectivity index (χ1) is 36.1. The molecule has 0 spiro atoms. The van der Waals surface area contributed by atoms with Gasteiger partial charge in [-0.25, -0.2) is 13.9 Å². The molecule has 0 aromatic carbocycles. The summed E-state index contributed by atoms with van der Waals surface area (Å²) in [6.07, 6.45) is 45.0. The van der Waals surface area contributed by atoms with Gasteiger partial charge >= 0.3 is 33.3 Å². The molecule has 0 saturated carbocycles. The lowest BCUT2D eigenvalue weighted by Crippen LogP contribution is -2.36. The summed E-state index contributed by atoms with van der Waals surface area (Å²) >= 11 is 0. The SMILES string of the molecule is CC/C=C\C/C=C\C/C=C\C/C=C\C/C=C\C/C=C\CCC(=O)OC[C@H](COP(=O)(O)OP(=O)(O)OC[C@H]1O[C@@H](n2ccc(N)nc2=O)[C@H](O)[C@@H]1O)OC(=O)CCC/C=C\CC1OC1C/C=C\C/C=C\CCCCC. The first-order valence-electron chi connectivity index (χ1n) is 26.0. The second-order valence-electron chi connectivity index (χ2n) is 17.7. The quantitative estimate of drug-likeness (QED) is 0.0134. The van der Waals surface area contributed by atoms with E-state index in [0.717, 1.165) is 68.6 Å². The molecule has 6 N–H and O–H groups in total. The van der Waals surface area contributed by atoms with Crippen LogP contribution in [0, 0.1) is 0 Å². The Bertz CT molecular complexity index is 2260. The Labute approximate surface area is 442 Å². The molecule has 0 amide bonds. The fraction of sp³-hybridized carbons (Fsp3) is 0.556. The molecular formula is C54H81N3O16P2. The minimum Gasteiger partial charge on any atom is -0.462 e. The number of rotatable bonds is 40. The van der Waals surface area contributed by atoms with E-state index in [2.05, 4.69) is 96.1 Å². The van der Waals surface area contributed by atoms with Gasteiger partial charge in [-0.15, -0.1) is 0 Å². The van der Waals surface area contributed by atoms with E-state index in [4.69, 9.17) is 33.7 Å². The van der Waals surface area contributed by atoms with Gasteiger partial charge in [-0.2, -0.15) is 9.29 Å². The highest BCUT2D eigenvalue weighted by molar-refractivity contribution is 7.61. The number of unbranched alkanes of at least 4 members (excludes halogenated alkanes) is 4. The molecule has 21 heteroatoms. The maximum absolute atomic E-state index is 12.9. The lowest BCUT2D eigenvalue weighted by Gasteiger charge is -2.21. The van der Waals surface area contributed by atoms with Crippen LogP contribution in [0.5, 0.6) is 0 Å². The molecule has 1 aromatic heterocycles. The normalized spacial score (nSPS) is 22.4. The number of esters is 2. The van der Waals surface area contributed by atoms with Gasteiger partial charge in [-0.05, 0) is 96.0 Å². The number of ether oxygens (including phenoxy) is 4. The van der Waals surface area contributed by atoms with E-state index in [9.17, 15) is 43.5 Å². The average Bonchev–Trinajstić information content (AvgIpc) is 4.06. The van der Waals surface area contributed by atoms with Gasteiger partial charge in [0, 0.05) is 19.0 Å². The van der Waals surface area contributed by atoms with Crippen molar-refractivity contribution in [2.45, 2.75) is 172 Å². The van der Waals surface area contributed by atoms with Gasteiger partial charge in [0.25, 0.3) is 0 Å². The molecule has 2 aliphatic rings. The molecule has 9 atom stereocenters. The fourth-order valence-corrected chi connectivity index (χ4v) is 9.25. The molecular weight excluding hydrogens is 1010 g/mol. The zero-order valence-corrected chi connectivity index (χ0v) is 45.3. The summed E-state index contributed by atoms with van der Waals surface area (Å²) in [5, 5.41) is 20.9. The van der Waals surface area contributed by atoms with Gasteiger partial charge in [-0.1, -0.05) is 136 Å². The number of carbonyl (C=O) groups excluding carboxylic acids is 2. The molecule has 0 radical (unpaired) electrons. The van der Waals surface area contributed by atoms with Crippen molar-refractivity contribution in [3.63, 3.8) is 0 Å². The van der Waals surface area contributed by atoms with Crippen LogP contribution in [-0.2, 0) is 51.0 Å². The maximum atomic E-state index is 12.9. The van der Waals surface area contributed by atoms with Gasteiger partial charge < -0.3 is 44.7 Å². The summed E-state index contributed by atoms with van der Waals surface area (Å²) in [7, 11) is -10.9. The third kappa shape index (κ3) is 30.1. The minimum atomic E-state index is -5.46. The van der Waals surface area contributed by atoms with Crippen LogP contribution in [0.25, 0.3) is 0 Å². The maximum Gasteiger partial charge on any atom is 0.481 e. The van der Waals surface area contributed by atoms with Crippen LogP contribution in [0.1, 0.15) is 136 Å². The van der Waals surface area contributed by atoms with Gasteiger partial charge in [0.1, 0.15) is 30.7 Å². The van der Waals surface area contributed by atoms with Crippen molar-refractivity contribution >= 4 is 33.4 Å². The van der Waals surface area contributed by atoms with Crippen molar-refractivity contribution in [2.24, 2.45) is 0 Å². The molecule has 2 saturated heterocycles. The van der Waals surface area contributed by atoms with Crippen molar-refractivity contribution in [3.8, 4) is 0 Å². The van der Waals surface area contributed by atoms with Crippen LogP contribution in [0.2, 0.25) is 0 Å². The number of aliphatic hydroxyl groups excluding tert-OH is 2. The van der Waals surface area contributed by atoms with Crippen LogP contribution in [0.15, 0.2) is 126 Å². The van der Waals surface area contributed by atoms with Gasteiger partial charge in [0.15, 0.2) is 12.3 Å². The lowest BCUT2D eigenvalue weighted by atomic mass is 10.1. The Balaban J connectivity index is 1.44. The number of hydrogen-bond acceptors (Lipinski definition) is 16. The number of allylic oxidation sites excluding steroid dienone is 16. The third-order valence-electron chi connectivity index (χ3n) is 11.3. The largest absolute Gasteiger partial charge is 0.481 e. The molecule has 1 aromatic rings. The third-order valence-corrected chi connectivity index (χ3v) is 13.9. The predicted octanol–water partition coefficient (Wildman–Crippen LogP) is 9.99. The van der Waals surface area contributed by atoms with Crippen LogP contribution in [0.4, 0.5) is 5.82 Å². The summed E-state index contributed by atoms with van der Waals surface area (Å²) in [5.74, 6) is -1.49. The number of nitrogens with two attached hydrogens (primary N) is 1. The lowest BCUT2D eigenvalue weighted by molar-refractivity contribution is -0.161. The van der Waals surface area contributed by atoms with E-state index in [1.807, 2.05) is 36.5 Å². The Hall–Kier alpha value is -4.62. The molecule has 75 heavy (non-hydrogen) atoms. The molecule has 3 rings (SSSR count). The zero-order valence-electron chi connectivity index (χ0n) is 43.5. The van der Waals surface area contributed by atoms with Gasteiger partial charge in [-0.3, -0.25) is 23.2 Å². The molecule has 0 aliphatic carbocycles. The summed E-state index contributed by atoms with van der Waals surface area (Å²) in [6.45, 7) is 1.86. The zero-order chi connectivity index (χ0) is 54.6. The molecule has 0 bridgehead atoms. The summed E-state index contributed by atoms with van der Waals surface area (Å²) in [4.78, 5) is 62.0. The van der Waals surface area contributed by atoms with Crippen molar-refractivity contribution in [1.29, 1.82) is 0 Å². The number of nitrogen functional groups attached to an aromatic ring is 1. The highest BCUT2D eigenvalue weighted by atomic mass is 31.3. The Kier molecular flexibility index (Phi) is 32.8. The fourth-order valence-electron chi connectivity index (χ4n) is 7.14. The van der Waals surface area contributed by atoms with Gasteiger partial charge in [0.05, 0.1) is 25.4 Å². The number of phosphoric acid groups is 2.